The molecule has 0 saturated carbocycles. The molecule has 140 valence electrons. The van der Waals surface area contributed by atoms with Crippen molar-refractivity contribution < 1.29 is 23.9 Å². The minimum Gasteiger partial charge on any atom is -0.497 e. The molecule has 0 spiro atoms. The summed E-state index contributed by atoms with van der Waals surface area (Å²) in [6.07, 6.45) is 1.27. The summed E-state index contributed by atoms with van der Waals surface area (Å²) in [5.74, 6) is -1.17. The van der Waals surface area contributed by atoms with Crippen LogP contribution in [-0.4, -0.2) is 48.7 Å². The van der Waals surface area contributed by atoms with E-state index in [4.69, 9.17) is 9.47 Å². The van der Waals surface area contributed by atoms with Gasteiger partial charge in [-0.2, -0.15) is 0 Å². The van der Waals surface area contributed by atoms with E-state index in [0.29, 0.717) is 11.5 Å². The maximum Gasteiger partial charge on any atom is 0.331 e. The molecular weight excluding hydrogens is 338 g/mol. The summed E-state index contributed by atoms with van der Waals surface area (Å²) in [5.41, 5.74) is 0.0542. The monoisotopic (exact) mass is 361 g/mol. The first-order chi connectivity index (χ1) is 12.2. The number of carbonyl (C=O) groups excluding carboxylic acids is 3. The van der Waals surface area contributed by atoms with Gasteiger partial charge in [-0.05, 0) is 38.5 Å². The quantitative estimate of drug-likeness (QED) is 0.637. The number of carbonyl (C=O) groups is 3. The molecule has 0 aliphatic carbocycles. The van der Waals surface area contributed by atoms with Crippen LogP contribution < -0.4 is 14.8 Å². The van der Waals surface area contributed by atoms with Crippen molar-refractivity contribution in [2.24, 2.45) is 10.9 Å². The molecule has 1 saturated heterocycles. The molecule has 0 bridgehead atoms. The van der Waals surface area contributed by atoms with Gasteiger partial charge < -0.3 is 9.47 Å². The summed E-state index contributed by atoms with van der Waals surface area (Å²) < 4.78 is 10.4. The van der Waals surface area contributed by atoms with Gasteiger partial charge in [0.05, 0.1) is 20.8 Å². The van der Waals surface area contributed by atoms with Gasteiger partial charge >= 0.3 is 6.03 Å². The van der Waals surface area contributed by atoms with Gasteiger partial charge in [0.15, 0.2) is 5.92 Å². The molecule has 0 unspecified atom stereocenters. The Hall–Kier alpha value is -2.90. The highest BCUT2D eigenvalue weighted by molar-refractivity contribution is 6.23. The SMILES string of the molecule is COc1cc(CN=C[C@@H]2C(=O)NC(=O)N(C(C)(C)C)C2=O)cc(OC)c1. The van der Waals surface area contributed by atoms with E-state index in [2.05, 4.69) is 10.3 Å². The van der Waals surface area contributed by atoms with Crippen LogP contribution in [0.3, 0.4) is 0 Å². The molecule has 1 aromatic carbocycles. The van der Waals surface area contributed by atoms with Crippen molar-refractivity contribution in [1.82, 2.24) is 10.2 Å². The fraction of sp³-hybridized carbons (Fsp3) is 0.444. The van der Waals surface area contributed by atoms with Crippen molar-refractivity contribution >= 4 is 24.1 Å². The zero-order valence-electron chi connectivity index (χ0n) is 15.5. The predicted octanol–water partition coefficient (Wildman–Crippen LogP) is 1.77. The summed E-state index contributed by atoms with van der Waals surface area (Å²) >= 11 is 0. The van der Waals surface area contributed by atoms with Crippen molar-refractivity contribution in [3.05, 3.63) is 23.8 Å². The van der Waals surface area contributed by atoms with Crippen molar-refractivity contribution in [3.63, 3.8) is 0 Å². The Bertz CT molecular complexity index is 729. The minimum atomic E-state index is -1.14. The fourth-order valence-corrected chi connectivity index (χ4v) is 2.58. The summed E-state index contributed by atoms with van der Waals surface area (Å²) in [4.78, 5) is 41.8. The number of nitrogens with one attached hydrogen (secondary N) is 1. The van der Waals surface area contributed by atoms with Crippen LogP contribution in [0.1, 0.15) is 26.3 Å². The van der Waals surface area contributed by atoms with E-state index in [0.717, 1.165) is 10.5 Å². The van der Waals surface area contributed by atoms with Crippen LogP contribution in [0.4, 0.5) is 4.79 Å². The highest BCUT2D eigenvalue weighted by atomic mass is 16.5. The zero-order valence-corrected chi connectivity index (χ0v) is 15.5. The second kappa shape index (κ2) is 7.55. The lowest BCUT2D eigenvalue weighted by Crippen LogP contribution is -2.63. The summed E-state index contributed by atoms with van der Waals surface area (Å²) in [6, 6.07) is 4.59. The maximum absolute atomic E-state index is 12.5. The number of urea groups is 1. The van der Waals surface area contributed by atoms with Gasteiger partial charge in [0.25, 0.3) is 0 Å². The molecule has 1 fully saturated rings. The number of nitrogens with zero attached hydrogens (tertiary/aromatic N) is 2. The van der Waals surface area contributed by atoms with E-state index in [9.17, 15) is 14.4 Å². The van der Waals surface area contributed by atoms with Crippen molar-refractivity contribution in [1.29, 1.82) is 0 Å². The van der Waals surface area contributed by atoms with Crippen LogP contribution in [0, 0.1) is 5.92 Å². The van der Waals surface area contributed by atoms with Crippen molar-refractivity contribution in [3.8, 4) is 11.5 Å². The lowest BCUT2D eigenvalue weighted by molar-refractivity contribution is -0.142. The third-order valence-corrected chi connectivity index (χ3v) is 3.81. The highest BCUT2D eigenvalue weighted by Crippen LogP contribution is 2.23. The molecule has 0 aromatic heterocycles. The molecule has 1 aliphatic rings. The predicted molar refractivity (Wildman–Crippen MR) is 95.4 cm³/mol. The van der Waals surface area contributed by atoms with Crippen LogP contribution in [0.25, 0.3) is 0 Å². The highest BCUT2D eigenvalue weighted by Gasteiger charge is 2.44. The number of rotatable bonds is 5. The zero-order chi connectivity index (χ0) is 19.5. The van der Waals surface area contributed by atoms with Crippen molar-refractivity contribution in [2.45, 2.75) is 32.9 Å². The number of benzene rings is 1. The Morgan fingerprint density at radius 1 is 1.12 bits per heavy atom. The normalized spacial score (nSPS) is 18.3. The number of amides is 4. The van der Waals surface area contributed by atoms with Gasteiger partial charge in [-0.25, -0.2) is 4.79 Å². The number of aliphatic imine (C=N–C) groups is 1. The summed E-state index contributed by atoms with van der Waals surface area (Å²) in [5, 5.41) is 2.20. The van der Waals surface area contributed by atoms with E-state index in [1.165, 1.54) is 6.21 Å². The molecule has 1 aliphatic heterocycles. The Labute approximate surface area is 152 Å². The van der Waals surface area contributed by atoms with Gasteiger partial charge in [-0.1, -0.05) is 0 Å². The minimum absolute atomic E-state index is 0.230. The van der Waals surface area contributed by atoms with Gasteiger partial charge in [0.1, 0.15) is 11.5 Å². The first-order valence-electron chi connectivity index (χ1n) is 8.08. The molecule has 1 heterocycles. The summed E-state index contributed by atoms with van der Waals surface area (Å²) in [6.45, 7) is 5.39. The average molecular weight is 361 g/mol. The number of hydrogen-bond acceptors (Lipinski definition) is 6. The Morgan fingerprint density at radius 3 is 2.19 bits per heavy atom. The third kappa shape index (κ3) is 4.19. The Morgan fingerprint density at radius 2 is 1.69 bits per heavy atom. The van der Waals surface area contributed by atoms with Gasteiger partial charge in [0.2, 0.25) is 11.8 Å². The van der Waals surface area contributed by atoms with E-state index in [1.54, 1.807) is 53.2 Å². The first-order valence-corrected chi connectivity index (χ1v) is 8.08. The average Bonchev–Trinajstić information content (AvgIpc) is 2.55. The second-order valence-corrected chi connectivity index (χ2v) is 6.83. The van der Waals surface area contributed by atoms with Crippen LogP contribution in [0.5, 0.6) is 11.5 Å². The van der Waals surface area contributed by atoms with Gasteiger partial charge in [-0.3, -0.25) is 24.8 Å². The van der Waals surface area contributed by atoms with Gasteiger partial charge in [-0.15, -0.1) is 0 Å². The summed E-state index contributed by atoms with van der Waals surface area (Å²) in [7, 11) is 3.09. The lowest BCUT2D eigenvalue weighted by Gasteiger charge is -2.37. The number of hydrogen-bond donors (Lipinski definition) is 1. The smallest absolute Gasteiger partial charge is 0.331 e. The molecule has 1 aromatic rings. The van der Waals surface area contributed by atoms with E-state index >= 15 is 0 Å². The van der Waals surface area contributed by atoms with Crippen LogP contribution >= 0.6 is 0 Å². The number of methoxy groups -OCH3 is 2. The molecular formula is C18H23N3O5. The van der Waals surface area contributed by atoms with E-state index in [1.807, 2.05) is 0 Å². The molecule has 8 nitrogen and oxygen atoms in total. The fourth-order valence-electron chi connectivity index (χ4n) is 2.58. The van der Waals surface area contributed by atoms with E-state index < -0.39 is 29.3 Å². The standard InChI is InChI=1S/C18H23N3O5/c1-18(2,3)21-16(23)14(15(22)20-17(21)24)10-19-9-11-6-12(25-4)8-13(7-11)26-5/h6-8,10,14H,9H2,1-5H3,(H,20,22,24)/t14-/m1/s1. The third-order valence-electron chi connectivity index (χ3n) is 3.81. The first kappa shape index (κ1) is 19.4. The molecule has 8 heteroatoms. The molecule has 1 N–H and O–H groups in total. The number of ether oxygens (including phenoxy) is 2. The molecule has 0 radical (unpaired) electrons. The topological polar surface area (TPSA) is 97.3 Å². The maximum atomic E-state index is 12.5. The molecule has 1 atom stereocenters. The van der Waals surface area contributed by atoms with Crippen molar-refractivity contribution in [2.75, 3.05) is 14.2 Å². The Balaban J connectivity index is 2.18. The number of imide groups is 2. The number of barbiturate groups is 1. The van der Waals surface area contributed by atoms with Crippen LogP contribution in [0.2, 0.25) is 0 Å². The Kier molecular flexibility index (Phi) is 5.64. The van der Waals surface area contributed by atoms with E-state index in [-0.39, 0.29) is 6.54 Å². The largest absolute Gasteiger partial charge is 0.497 e. The van der Waals surface area contributed by atoms with Crippen LogP contribution in [0.15, 0.2) is 23.2 Å². The van der Waals surface area contributed by atoms with Crippen LogP contribution in [-0.2, 0) is 16.1 Å². The molecule has 2 rings (SSSR count). The lowest BCUT2D eigenvalue weighted by atomic mass is 9.99. The second-order valence-electron chi connectivity index (χ2n) is 6.83. The molecule has 26 heavy (non-hydrogen) atoms. The van der Waals surface area contributed by atoms with Gasteiger partial charge in [0, 0.05) is 17.8 Å². The molecule has 4 amide bonds.